The van der Waals surface area contributed by atoms with Crippen molar-refractivity contribution in [3.63, 3.8) is 0 Å². The predicted octanol–water partition coefficient (Wildman–Crippen LogP) is 4.01. The Balaban J connectivity index is 2.18. The van der Waals surface area contributed by atoms with E-state index in [2.05, 4.69) is 5.32 Å². The van der Waals surface area contributed by atoms with Gasteiger partial charge in [-0.2, -0.15) is 0 Å². The fraction of sp³-hybridized carbons (Fsp3) is 0.429. The van der Waals surface area contributed by atoms with Gasteiger partial charge in [-0.25, -0.2) is 0 Å². The van der Waals surface area contributed by atoms with Gasteiger partial charge in [0.2, 0.25) is 12.1 Å². The normalized spacial score (nSPS) is 26.6. The molecule has 28 heavy (non-hydrogen) atoms. The first-order valence-corrected chi connectivity index (χ1v) is 9.29. The van der Waals surface area contributed by atoms with E-state index in [9.17, 15) is 20.2 Å². The summed E-state index contributed by atoms with van der Waals surface area (Å²) in [6.45, 7) is 7.13. The van der Waals surface area contributed by atoms with Crippen LogP contribution in [0.3, 0.4) is 0 Å². The molecule has 4 atom stereocenters. The first kappa shape index (κ1) is 19.9. The second-order valence-electron chi connectivity index (χ2n) is 8.23. The van der Waals surface area contributed by atoms with Crippen molar-refractivity contribution in [2.75, 3.05) is 0 Å². The van der Waals surface area contributed by atoms with Crippen molar-refractivity contribution < 1.29 is 9.85 Å². The molecule has 2 aromatic carbocycles. The predicted molar refractivity (Wildman–Crippen MR) is 106 cm³/mol. The molecule has 7 heteroatoms. The molecule has 0 aromatic heterocycles. The molecule has 2 aromatic rings. The van der Waals surface area contributed by atoms with E-state index in [-0.39, 0.29) is 9.85 Å². The van der Waals surface area contributed by atoms with Crippen LogP contribution in [0, 0.1) is 39.5 Å². The highest BCUT2D eigenvalue weighted by Gasteiger charge is 2.62. The highest BCUT2D eigenvalue weighted by atomic mass is 16.6. The quantitative estimate of drug-likeness (QED) is 0.635. The van der Waals surface area contributed by atoms with E-state index in [1.54, 1.807) is 13.8 Å². The number of nitro groups is 2. The van der Waals surface area contributed by atoms with Gasteiger partial charge in [0, 0.05) is 9.85 Å². The van der Waals surface area contributed by atoms with Gasteiger partial charge in [0.25, 0.3) is 0 Å². The molecule has 148 valence electrons. The largest absolute Gasteiger partial charge is 0.291 e. The zero-order valence-electron chi connectivity index (χ0n) is 16.5. The molecule has 1 N–H and O–H groups in total. The van der Waals surface area contributed by atoms with Crippen LogP contribution in [0.4, 0.5) is 0 Å². The average Bonchev–Trinajstić information content (AvgIpc) is 2.59. The van der Waals surface area contributed by atoms with Gasteiger partial charge in [0.1, 0.15) is 17.5 Å². The zero-order valence-corrected chi connectivity index (χ0v) is 16.5. The van der Waals surface area contributed by atoms with Crippen LogP contribution in [0.1, 0.15) is 48.2 Å². The summed E-state index contributed by atoms with van der Waals surface area (Å²) in [5.74, 6) is 0. The second kappa shape index (κ2) is 7.31. The summed E-state index contributed by atoms with van der Waals surface area (Å²) >= 11 is 0. The Morgan fingerprint density at radius 3 is 1.54 bits per heavy atom. The monoisotopic (exact) mass is 383 g/mol. The summed E-state index contributed by atoms with van der Waals surface area (Å²) in [7, 11) is 0. The SMILES string of the molecule is Cc1cccc([C@H]2N[C@@H](c3cccc(C)c3)[C@@H]([N+](=O)[O-])C(C)(C)[C@H]2[N+](=O)[O-])c1. The summed E-state index contributed by atoms with van der Waals surface area (Å²) in [5.41, 5.74) is 2.36. The van der Waals surface area contributed by atoms with Crippen LogP contribution in [-0.4, -0.2) is 21.9 Å². The van der Waals surface area contributed by atoms with E-state index < -0.39 is 29.6 Å². The van der Waals surface area contributed by atoms with Crippen LogP contribution in [0.25, 0.3) is 0 Å². The van der Waals surface area contributed by atoms with Crippen molar-refractivity contribution >= 4 is 0 Å². The Bertz CT molecular complexity index is 841. The molecule has 1 aliphatic rings. The minimum Gasteiger partial charge on any atom is -0.291 e. The molecule has 1 aliphatic heterocycles. The summed E-state index contributed by atoms with van der Waals surface area (Å²) in [4.78, 5) is 23.3. The van der Waals surface area contributed by atoms with E-state index in [1.807, 2.05) is 62.4 Å². The van der Waals surface area contributed by atoms with Gasteiger partial charge in [-0.15, -0.1) is 0 Å². The van der Waals surface area contributed by atoms with E-state index in [1.165, 1.54) is 0 Å². The fourth-order valence-corrected chi connectivity index (χ4v) is 4.48. The van der Waals surface area contributed by atoms with E-state index in [0.717, 1.165) is 22.3 Å². The summed E-state index contributed by atoms with van der Waals surface area (Å²) in [5, 5.41) is 27.4. The maximum atomic E-state index is 12.0. The van der Waals surface area contributed by atoms with Gasteiger partial charge in [0.05, 0.1) is 0 Å². The molecule has 3 rings (SSSR count). The zero-order chi connectivity index (χ0) is 20.6. The maximum absolute atomic E-state index is 12.0. The van der Waals surface area contributed by atoms with Crippen LogP contribution in [0.15, 0.2) is 48.5 Å². The molecule has 0 amide bonds. The standard InChI is InChI=1S/C21H25N3O4/c1-13-7-5-9-15(11-13)17-19(23(25)26)21(3,4)20(24(27)28)18(22-17)16-10-6-8-14(2)12-16/h5-12,17-20,22H,1-4H3/t17-,18+,19+,20-. The third kappa shape index (κ3) is 3.49. The first-order valence-electron chi connectivity index (χ1n) is 9.29. The number of benzene rings is 2. The number of hydrogen-bond acceptors (Lipinski definition) is 5. The van der Waals surface area contributed by atoms with Crippen molar-refractivity contribution in [3.8, 4) is 0 Å². The lowest BCUT2D eigenvalue weighted by molar-refractivity contribution is -0.605. The lowest BCUT2D eigenvalue weighted by atomic mass is 9.66. The molecule has 0 unspecified atom stereocenters. The molecule has 7 nitrogen and oxygen atoms in total. The summed E-state index contributed by atoms with van der Waals surface area (Å²) in [6, 6.07) is 11.5. The first-order chi connectivity index (χ1) is 13.1. The van der Waals surface area contributed by atoms with E-state index >= 15 is 0 Å². The van der Waals surface area contributed by atoms with Gasteiger partial charge >= 0.3 is 0 Å². The number of rotatable bonds is 4. The summed E-state index contributed by atoms with van der Waals surface area (Å²) < 4.78 is 0. The minimum absolute atomic E-state index is 0.372. The van der Waals surface area contributed by atoms with Crippen LogP contribution in [0.2, 0.25) is 0 Å². The third-order valence-electron chi connectivity index (χ3n) is 5.77. The van der Waals surface area contributed by atoms with Gasteiger partial charge in [-0.05, 0) is 38.8 Å². The van der Waals surface area contributed by atoms with Crippen molar-refractivity contribution in [1.29, 1.82) is 0 Å². The Morgan fingerprint density at radius 1 is 0.821 bits per heavy atom. The smallest absolute Gasteiger partial charge is 0.243 e. The molecule has 1 saturated heterocycles. The van der Waals surface area contributed by atoms with Crippen LogP contribution in [-0.2, 0) is 0 Å². The third-order valence-corrected chi connectivity index (χ3v) is 5.77. The number of nitrogens with zero attached hydrogens (tertiary/aromatic N) is 2. The number of aryl methyl sites for hydroxylation is 2. The molecule has 0 bridgehead atoms. The van der Waals surface area contributed by atoms with Crippen LogP contribution in [0.5, 0.6) is 0 Å². The van der Waals surface area contributed by atoms with Gasteiger partial charge in [-0.3, -0.25) is 25.5 Å². The molecule has 0 saturated carbocycles. The van der Waals surface area contributed by atoms with Crippen molar-refractivity contribution in [1.82, 2.24) is 5.32 Å². The molecule has 1 fully saturated rings. The van der Waals surface area contributed by atoms with Gasteiger partial charge in [-0.1, -0.05) is 59.7 Å². The Labute approximate surface area is 164 Å². The van der Waals surface area contributed by atoms with Gasteiger partial charge < -0.3 is 0 Å². The number of nitrogens with one attached hydrogen (secondary N) is 1. The minimum atomic E-state index is -1.17. The van der Waals surface area contributed by atoms with Crippen molar-refractivity contribution in [3.05, 3.63) is 91.0 Å². The molecule has 0 radical (unpaired) electrons. The van der Waals surface area contributed by atoms with E-state index in [0.29, 0.717) is 0 Å². The Hall–Kier alpha value is -2.80. The highest BCUT2D eigenvalue weighted by molar-refractivity contribution is 5.32. The summed E-state index contributed by atoms with van der Waals surface area (Å²) in [6.07, 6.45) is 0. The van der Waals surface area contributed by atoms with Crippen molar-refractivity contribution in [2.24, 2.45) is 5.41 Å². The molecular formula is C21H25N3O4. The molecule has 0 spiro atoms. The Morgan fingerprint density at radius 2 is 1.21 bits per heavy atom. The van der Waals surface area contributed by atoms with Gasteiger partial charge in [0.15, 0.2) is 0 Å². The maximum Gasteiger partial charge on any atom is 0.243 e. The molecule has 0 aliphatic carbocycles. The molecular weight excluding hydrogens is 358 g/mol. The topological polar surface area (TPSA) is 98.3 Å². The average molecular weight is 383 g/mol. The highest BCUT2D eigenvalue weighted by Crippen LogP contribution is 2.46. The number of hydrogen-bond donors (Lipinski definition) is 1. The number of piperidine rings is 1. The second-order valence-corrected chi connectivity index (χ2v) is 8.23. The lowest BCUT2D eigenvalue weighted by Crippen LogP contribution is -2.63. The van der Waals surface area contributed by atoms with E-state index in [4.69, 9.17) is 0 Å². The van der Waals surface area contributed by atoms with Crippen LogP contribution < -0.4 is 5.32 Å². The van der Waals surface area contributed by atoms with Crippen LogP contribution >= 0.6 is 0 Å². The molecule has 1 heterocycles. The van der Waals surface area contributed by atoms with Crippen molar-refractivity contribution in [2.45, 2.75) is 51.9 Å². The Kier molecular flexibility index (Phi) is 5.21. The lowest BCUT2D eigenvalue weighted by Gasteiger charge is -2.44. The fourth-order valence-electron chi connectivity index (χ4n) is 4.48.